The first kappa shape index (κ1) is 16.1. The molecule has 2 fully saturated rings. The molecule has 1 amide bonds. The van der Waals surface area contributed by atoms with Crippen LogP contribution < -0.4 is 0 Å². The van der Waals surface area contributed by atoms with E-state index < -0.39 is 0 Å². The first-order valence-electron chi connectivity index (χ1n) is 8.79. The van der Waals surface area contributed by atoms with E-state index in [0.29, 0.717) is 24.8 Å². The molecular weight excluding hydrogens is 316 g/mol. The monoisotopic (exact) mass is 338 g/mol. The smallest absolute Gasteiger partial charge is 0.272 e. The maximum absolute atomic E-state index is 12.7. The summed E-state index contributed by atoms with van der Waals surface area (Å²) in [4.78, 5) is 26.8. The van der Waals surface area contributed by atoms with Crippen molar-refractivity contribution in [2.24, 2.45) is 11.3 Å². The van der Waals surface area contributed by atoms with E-state index in [9.17, 15) is 4.79 Å². The fourth-order valence-corrected chi connectivity index (χ4v) is 4.24. The summed E-state index contributed by atoms with van der Waals surface area (Å²) in [6, 6.07) is 5.63. The van der Waals surface area contributed by atoms with E-state index in [2.05, 4.69) is 15.0 Å². The number of fused-ring (bicyclic) bond motifs is 1. The van der Waals surface area contributed by atoms with Crippen molar-refractivity contribution < 1.29 is 9.53 Å². The summed E-state index contributed by atoms with van der Waals surface area (Å²) in [7, 11) is 0. The fourth-order valence-electron chi connectivity index (χ4n) is 4.24. The highest BCUT2D eigenvalue weighted by Crippen LogP contribution is 2.49. The van der Waals surface area contributed by atoms with Gasteiger partial charge < -0.3 is 9.64 Å². The van der Waals surface area contributed by atoms with Gasteiger partial charge in [0.1, 0.15) is 12.0 Å². The minimum absolute atomic E-state index is 0.00318. The average Bonchev–Trinajstić information content (AvgIpc) is 3.20. The Morgan fingerprint density at radius 3 is 3.08 bits per heavy atom. The molecule has 1 aliphatic carbocycles. The molecule has 1 saturated heterocycles. The lowest BCUT2D eigenvalue weighted by atomic mass is 9.81. The summed E-state index contributed by atoms with van der Waals surface area (Å²) in [5.41, 5.74) is 1.65. The number of pyridine rings is 1. The second-order valence-electron chi connectivity index (χ2n) is 7.09. The Hall–Kier alpha value is -2.34. The number of hydrogen-bond donors (Lipinski definition) is 0. The van der Waals surface area contributed by atoms with Gasteiger partial charge in [-0.25, -0.2) is 9.97 Å². The molecule has 2 aliphatic rings. The Morgan fingerprint density at radius 2 is 2.28 bits per heavy atom. The summed E-state index contributed by atoms with van der Waals surface area (Å²) in [6.45, 7) is 2.83. The van der Waals surface area contributed by atoms with Gasteiger partial charge in [0.05, 0.1) is 13.2 Å². The summed E-state index contributed by atoms with van der Waals surface area (Å²) in [5.74, 6) is 0.524. The van der Waals surface area contributed by atoms with E-state index in [4.69, 9.17) is 4.74 Å². The molecule has 6 nitrogen and oxygen atoms in total. The maximum Gasteiger partial charge on any atom is 0.272 e. The molecule has 0 aromatic carbocycles. The molecule has 0 bridgehead atoms. The quantitative estimate of drug-likeness (QED) is 0.837. The molecular formula is C19H22N4O2. The summed E-state index contributed by atoms with van der Waals surface area (Å²) in [5, 5.41) is 0. The predicted molar refractivity (Wildman–Crippen MR) is 91.6 cm³/mol. The Balaban J connectivity index is 1.41. The lowest BCUT2D eigenvalue weighted by molar-refractivity contribution is 0.0264. The van der Waals surface area contributed by atoms with Crippen LogP contribution in [0.1, 0.15) is 35.3 Å². The Morgan fingerprint density at radius 1 is 1.32 bits per heavy atom. The molecule has 0 radical (unpaired) electrons. The zero-order valence-electron chi connectivity index (χ0n) is 14.2. The molecule has 0 N–H and O–H groups in total. The Labute approximate surface area is 147 Å². The third-order valence-corrected chi connectivity index (χ3v) is 5.51. The van der Waals surface area contributed by atoms with E-state index in [0.717, 1.165) is 25.1 Å². The molecule has 130 valence electrons. The summed E-state index contributed by atoms with van der Waals surface area (Å²) < 4.78 is 6.04. The van der Waals surface area contributed by atoms with Crippen molar-refractivity contribution in [3.8, 4) is 0 Å². The average molecular weight is 338 g/mol. The number of aromatic nitrogens is 3. The number of carbonyl (C=O) groups excluding carboxylic acids is 1. The van der Waals surface area contributed by atoms with Crippen LogP contribution in [0.5, 0.6) is 0 Å². The van der Waals surface area contributed by atoms with Gasteiger partial charge in [-0.15, -0.1) is 0 Å². The number of likely N-dealkylation sites (tertiary alicyclic amines) is 1. The van der Waals surface area contributed by atoms with Crippen LogP contribution in [0.3, 0.4) is 0 Å². The van der Waals surface area contributed by atoms with Gasteiger partial charge in [-0.3, -0.25) is 9.78 Å². The van der Waals surface area contributed by atoms with Crippen LogP contribution in [0.4, 0.5) is 0 Å². The van der Waals surface area contributed by atoms with Gasteiger partial charge in [0.25, 0.3) is 5.91 Å². The van der Waals surface area contributed by atoms with Gasteiger partial charge in [-0.05, 0) is 36.5 Å². The van der Waals surface area contributed by atoms with E-state index >= 15 is 0 Å². The van der Waals surface area contributed by atoms with Crippen molar-refractivity contribution in [1.29, 1.82) is 0 Å². The third kappa shape index (κ3) is 3.26. The van der Waals surface area contributed by atoms with Crippen LogP contribution in [-0.2, 0) is 11.3 Å². The lowest BCUT2D eigenvalue weighted by Gasteiger charge is -2.28. The molecule has 1 saturated carbocycles. The van der Waals surface area contributed by atoms with Crippen LogP contribution >= 0.6 is 0 Å². The third-order valence-electron chi connectivity index (χ3n) is 5.51. The molecule has 3 heterocycles. The largest absolute Gasteiger partial charge is 0.376 e. The highest BCUT2D eigenvalue weighted by Gasteiger charge is 2.50. The summed E-state index contributed by atoms with van der Waals surface area (Å²) in [6.07, 6.45) is 10.2. The fraction of sp³-hybridized carbons (Fsp3) is 0.474. The van der Waals surface area contributed by atoms with E-state index in [-0.39, 0.29) is 11.3 Å². The van der Waals surface area contributed by atoms with E-state index in [1.54, 1.807) is 18.5 Å². The first-order chi connectivity index (χ1) is 12.3. The molecule has 6 heteroatoms. The standard InChI is InChI=1S/C19H22N4O2/c24-18(17-5-8-21-14-22-17)23-10-16-4-1-6-19(16,12-23)13-25-11-15-3-2-7-20-9-15/h2-3,5,7-9,14,16H,1,4,6,10-13H2/t16-,19+/m1/s1. The highest BCUT2D eigenvalue weighted by molar-refractivity contribution is 5.92. The SMILES string of the molecule is O=C(c1ccncn1)N1C[C@H]2CCC[C@@]2(COCc2cccnc2)C1. The molecule has 1 aliphatic heterocycles. The predicted octanol–water partition coefficient (Wildman–Crippen LogP) is 2.33. The highest BCUT2D eigenvalue weighted by atomic mass is 16.5. The van der Waals surface area contributed by atoms with Crippen molar-refractivity contribution >= 4 is 5.91 Å². The van der Waals surface area contributed by atoms with Crippen LogP contribution in [0.2, 0.25) is 0 Å². The zero-order valence-corrected chi connectivity index (χ0v) is 14.2. The topological polar surface area (TPSA) is 68.2 Å². The van der Waals surface area contributed by atoms with E-state index in [1.165, 1.54) is 19.2 Å². The maximum atomic E-state index is 12.7. The van der Waals surface area contributed by atoms with Gasteiger partial charge in [0, 0.05) is 37.1 Å². The normalized spacial score (nSPS) is 25.1. The first-order valence-corrected chi connectivity index (χ1v) is 8.79. The van der Waals surface area contributed by atoms with Crippen LogP contribution in [0, 0.1) is 11.3 Å². The second-order valence-corrected chi connectivity index (χ2v) is 7.09. The Bertz CT molecular complexity index is 725. The number of rotatable bonds is 5. The zero-order chi connectivity index (χ0) is 17.1. The minimum atomic E-state index is 0.00318. The van der Waals surface area contributed by atoms with Crippen molar-refractivity contribution in [2.75, 3.05) is 19.7 Å². The molecule has 0 unspecified atom stereocenters. The van der Waals surface area contributed by atoms with Crippen molar-refractivity contribution in [1.82, 2.24) is 19.9 Å². The number of carbonyl (C=O) groups is 1. The van der Waals surface area contributed by atoms with Crippen LogP contribution in [-0.4, -0.2) is 45.5 Å². The molecule has 0 spiro atoms. The molecule has 2 aromatic rings. The summed E-state index contributed by atoms with van der Waals surface area (Å²) >= 11 is 0. The van der Waals surface area contributed by atoms with Gasteiger partial charge in [-0.1, -0.05) is 12.5 Å². The number of ether oxygens (including phenoxy) is 1. The van der Waals surface area contributed by atoms with Crippen LogP contribution in [0.15, 0.2) is 43.1 Å². The second kappa shape index (κ2) is 6.88. The molecule has 4 rings (SSSR count). The van der Waals surface area contributed by atoms with Gasteiger partial charge in [-0.2, -0.15) is 0 Å². The Kier molecular flexibility index (Phi) is 4.44. The minimum Gasteiger partial charge on any atom is -0.376 e. The van der Waals surface area contributed by atoms with Crippen molar-refractivity contribution in [3.05, 3.63) is 54.4 Å². The lowest BCUT2D eigenvalue weighted by Crippen LogP contribution is -2.35. The van der Waals surface area contributed by atoms with Gasteiger partial charge in [0.15, 0.2) is 0 Å². The molecule has 2 aromatic heterocycles. The molecule has 25 heavy (non-hydrogen) atoms. The number of nitrogens with zero attached hydrogens (tertiary/aromatic N) is 4. The number of amides is 1. The van der Waals surface area contributed by atoms with E-state index in [1.807, 2.05) is 23.2 Å². The van der Waals surface area contributed by atoms with Crippen LogP contribution in [0.25, 0.3) is 0 Å². The molecule has 2 atom stereocenters. The van der Waals surface area contributed by atoms with Gasteiger partial charge in [0.2, 0.25) is 0 Å². The number of hydrogen-bond acceptors (Lipinski definition) is 5. The van der Waals surface area contributed by atoms with Crippen molar-refractivity contribution in [3.63, 3.8) is 0 Å². The van der Waals surface area contributed by atoms with Crippen molar-refractivity contribution in [2.45, 2.75) is 25.9 Å². The van der Waals surface area contributed by atoms with Gasteiger partial charge >= 0.3 is 0 Å².